The molecule has 2 heterocycles. The number of hydrogen-bond acceptors (Lipinski definition) is 4. The molecule has 1 saturated heterocycles. The lowest BCUT2D eigenvalue weighted by atomic mass is 10.2. The molecule has 1 aliphatic heterocycles. The smallest absolute Gasteiger partial charge is 0.323 e. The van der Waals surface area contributed by atoms with Crippen LogP contribution < -0.4 is 0 Å². The Bertz CT molecular complexity index is 350. The Morgan fingerprint density at radius 3 is 3.24 bits per heavy atom. The van der Waals surface area contributed by atoms with Crippen LogP contribution in [0.25, 0.3) is 0 Å². The highest BCUT2D eigenvalue weighted by atomic mass is 32.1. The fraction of sp³-hybridized carbons (Fsp3) is 0.615. The minimum atomic E-state index is -0.0452. The predicted molar refractivity (Wildman–Crippen MR) is 69.3 cm³/mol. The van der Waals surface area contributed by atoms with Gasteiger partial charge in [0, 0.05) is 11.4 Å². The molecule has 0 bridgehead atoms. The van der Waals surface area contributed by atoms with Crippen LogP contribution >= 0.6 is 11.3 Å². The van der Waals surface area contributed by atoms with Crippen molar-refractivity contribution in [3.05, 3.63) is 22.4 Å². The van der Waals surface area contributed by atoms with Crippen molar-refractivity contribution in [3.63, 3.8) is 0 Å². The molecule has 4 heteroatoms. The monoisotopic (exact) mass is 253 g/mol. The van der Waals surface area contributed by atoms with Crippen LogP contribution in [0.1, 0.15) is 24.6 Å². The molecular formula is C13H19NO2S. The molecule has 0 N–H and O–H groups in total. The second-order valence-electron chi connectivity index (χ2n) is 4.28. The van der Waals surface area contributed by atoms with E-state index in [0.717, 1.165) is 32.4 Å². The minimum Gasteiger partial charge on any atom is -0.465 e. The van der Waals surface area contributed by atoms with Crippen LogP contribution in [-0.2, 0) is 16.0 Å². The first-order valence-electron chi connectivity index (χ1n) is 6.24. The summed E-state index contributed by atoms with van der Waals surface area (Å²) in [6.45, 7) is 4.33. The number of esters is 1. The van der Waals surface area contributed by atoms with Gasteiger partial charge in [-0.2, -0.15) is 0 Å². The van der Waals surface area contributed by atoms with Gasteiger partial charge in [0.2, 0.25) is 0 Å². The number of carbonyl (C=O) groups excluding carboxylic acids is 1. The third kappa shape index (κ3) is 3.30. The molecule has 1 aromatic rings. The van der Waals surface area contributed by atoms with Crippen LogP contribution in [0.3, 0.4) is 0 Å². The predicted octanol–water partition coefficient (Wildman–Crippen LogP) is 2.32. The largest absolute Gasteiger partial charge is 0.465 e. The highest BCUT2D eigenvalue weighted by molar-refractivity contribution is 7.09. The Morgan fingerprint density at radius 2 is 2.53 bits per heavy atom. The van der Waals surface area contributed by atoms with E-state index < -0.39 is 0 Å². The second kappa shape index (κ2) is 6.17. The van der Waals surface area contributed by atoms with Crippen LogP contribution in [0.2, 0.25) is 0 Å². The van der Waals surface area contributed by atoms with Gasteiger partial charge < -0.3 is 4.74 Å². The third-order valence-corrected chi connectivity index (χ3v) is 4.08. The van der Waals surface area contributed by atoms with Gasteiger partial charge >= 0.3 is 5.97 Å². The zero-order valence-corrected chi connectivity index (χ0v) is 11.0. The summed E-state index contributed by atoms with van der Waals surface area (Å²) in [4.78, 5) is 15.4. The van der Waals surface area contributed by atoms with Crippen LogP contribution in [-0.4, -0.2) is 36.6 Å². The molecule has 1 atom stereocenters. The van der Waals surface area contributed by atoms with Crippen LogP contribution in [0.4, 0.5) is 0 Å². The topological polar surface area (TPSA) is 29.5 Å². The summed E-state index contributed by atoms with van der Waals surface area (Å²) in [7, 11) is 0. The number of thiophene rings is 1. The van der Waals surface area contributed by atoms with Crippen molar-refractivity contribution >= 4 is 17.3 Å². The Hall–Kier alpha value is -0.870. The van der Waals surface area contributed by atoms with Crippen molar-refractivity contribution in [2.45, 2.75) is 32.2 Å². The zero-order valence-electron chi connectivity index (χ0n) is 10.2. The van der Waals surface area contributed by atoms with Gasteiger partial charge in [-0.05, 0) is 44.2 Å². The lowest BCUT2D eigenvalue weighted by Gasteiger charge is -2.22. The van der Waals surface area contributed by atoms with E-state index >= 15 is 0 Å². The second-order valence-corrected chi connectivity index (χ2v) is 5.31. The van der Waals surface area contributed by atoms with Gasteiger partial charge in [-0.3, -0.25) is 9.69 Å². The maximum atomic E-state index is 11.8. The van der Waals surface area contributed by atoms with Crippen molar-refractivity contribution in [1.29, 1.82) is 0 Å². The fourth-order valence-corrected chi connectivity index (χ4v) is 3.01. The number of carbonyl (C=O) groups is 1. The van der Waals surface area contributed by atoms with Crippen molar-refractivity contribution in [2.75, 3.05) is 19.7 Å². The zero-order chi connectivity index (χ0) is 12.1. The number of rotatable bonds is 5. The molecular weight excluding hydrogens is 234 g/mol. The first kappa shape index (κ1) is 12.6. The highest BCUT2D eigenvalue weighted by Crippen LogP contribution is 2.19. The summed E-state index contributed by atoms with van der Waals surface area (Å²) in [5, 5.41) is 2.10. The van der Waals surface area contributed by atoms with Crippen molar-refractivity contribution in [1.82, 2.24) is 4.90 Å². The molecule has 94 valence electrons. The number of ether oxygens (including phenoxy) is 1. The Kier molecular flexibility index (Phi) is 4.57. The first-order valence-corrected chi connectivity index (χ1v) is 7.12. The molecule has 1 aliphatic rings. The average molecular weight is 253 g/mol. The molecule has 0 spiro atoms. The molecule has 17 heavy (non-hydrogen) atoms. The average Bonchev–Trinajstić information content (AvgIpc) is 2.98. The van der Waals surface area contributed by atoms with E-state index in [1.54, 1.807) is 11.3 Å². The number of hydrogen-bond donors (Lipinski definition) is 0. The summed E-state index contributed by atoms with van der Waals surface area (Å²) in [6, 6.07) is 4.22. The quantitative estimate of drug-likeness (QED) is 0.754. The van der Waals surface area contributed by atoms with Gasteiger partial charge in [-0.15, -0.1) is 11.3 Å². The first-order chi connectivity index (χ1) is 8.31. The molecule has 1 fully saturated rings. The standard InChI is InChI=1S/C13H19NO2S/c1-2-16-13(15)12-6-3-8-14(12)9-7-11-5-4-10-17-11/h4-5,10,12H,2-3,6-9H2,1H3. The van der Waals surface area contributed by atoms with E-state index in [1.165, 1.54) is 4.88 Å². The minimum absolute atomic E-state index is 0.00471. The van der Waals surface area contributed by atoms with Gasteiger partial charge in [0.15, 0.2) is 0 Å². The van der Waals surface area contributed by atoms with E-state index in [-0.39, 0.29) is 12.0 Å². The molecule has 0 saturated carbocycles. The summed E-state index contributed by atoms with van der Waals surface area (Å²) in [5.74, 6) is -0.0452. The van der Waals surface area contributed by atoms with E-state index in [0.29, 0.717) is 6.61 Å². The molecule has 1 unspecified atom stereocenters. The van der Waals surface area contributed by atoms with Crippen molar-refractivity contribution in [3.8, 4) is 0 Å². The van der Waals surface area contributed by atoms with E-state index in [2.05, 4.69) is 22.4 Å². The third-order valence-electron chi connectivity index (χ3n) is 3.15. The molecule has 2 rings (SSSR count). The molecule has 0 radical (unpaired) electrons. The van der Waals surface area contributed by atoms with Crippen LogP contribution in [0.15, 0.2) is 17.5 Å². The molecule has 1 aromatic heterocycles. The maximum absolute atomic E-state index is 11.8. The van der Waals surface area contributed by atoms with Crippen molar-refractivity contribution in [2.24, 2.45) is 0 Å². The lowest BCUT2D eigenvalue weighted by molar-refractivity contribution is -0.148. The van der Waals surface area contributed by atoms with E-state index in [4.69, 9.17) is 4.74 Å². The van der Waals surface area contributed by atoms with Gasteiger partial charge in [-0.25, -0.2) is 0 Å². The number of nitrogens with zero attached hydrogens (tertiary/aromatic N) is 1. The summed E-state index contributed by atoms with van der Waals surface area (Å²) >= 11 is 1.78. The van der Waals surface area contributed by atoms with Gasteiger partial charge in [0.1, 0.15) is 6.04 Å². The summed E-state index contributed by atoms with van der Waals surface area (Å²) in [5.41, 5.74) is 0. The number of likely N-dealkylation sites (tertiary alicyclic amines) is 1. The van der Waals surface area contributed by atoms with E-state index in [1.807, 2.05) is 6.92 Å². The fourth-order valence-electron chi connectivity index (χ4n) is 2.31. The van der Waals surface area contributed by atoms with Crippen molar-refractivity contribution < 1.29 is 9.53 Å². The summed E-state index contributed by atoms with van der Waals surface area (Å²) in [6.07, 6.45) is 3.09. The van der Waals surface area contributed by atoms with Gasteiger partial charge in [0.05, 0.1) is 6.61 Å². The normalized spacial score (nSPS) is 20.6. The Balaban J connectivity index is 1.84. The van der Waals surface area contributed by atoms with Crippen LogP contribution in [0, 0.1) is 0 Å². The molecule has 0 amide bonds. The van der Waals surface area contributed by atoms with E-state index in [9.17, 15) is 4.79 Å². The highest BCUT2D eigenvalue weighted by Gasteiger charge is 2.31. The Morgan fingerprint density at radius 1 is 1.65 bits per heavy atom. The molecule has 3 nitrogen and oxygen atoms in total. The van der Waals surface area contributed by atoms with Gasteiger partial charge in [-0.1, -0.05) is 6.07 Å². The van der Waals surface area contributed by atoms with Crippen LogP contribution in [0.5, 0.6) is 0 Å². The molecule has 0 aromatic carbocycles. The SMILES string of the molecule is CCOC(=O)C1CCCN1CCc1cccs1. The lowest BCUT2D eigenvalue weighted by Crippen LogP contribution is -2.38. The summed E-state index contributed by atoms with van der Waals surface area (Å²) < 4.78 is 5.12. The Labute approximate surface area is 106 Å². The molecule has 0 aliphatic carbocycles. The van der Waals surface area contributed by atoms with Gasteiger partial charge in [0.25, 0.3) is 0 Å². The maximum Gasteiger partial charge on any atom is 0.323 e.